The number of hydrogen-bond acceptors (Lipinski definition) is 5. The number of morpholine rings is 1. The van der Waals surface area contributed by atoms with Crippen molar-refractivity contribution in [1.82, 2.24) is 10.3 Å². The van der Waals surface area contributed by atoms with Crippen molar-refractivity contribution in [2.24, 2.45) is 0 Å². The topological polar surface area (TPSA) is 66.5 Å². The molecule has 6 nitrogen and oxygen atoms in total. The number of thioether (sulfide) groups is 1. The van der Waals surface area contributed by atoms with Gasteiger partial charge in [-0.3, -0.25) is 0 Å². The van der Waals surface area contributed by atoms with Gasteiger partial charge < -0.3 is 20.3 Å². The molecule has 1 saturated carbocycles. The molecule has 0 atom stereocenters. The van der Waals surface area contributed by atoms with E-state index in [9.17, 15) is 4.79 Å². The second-order valence-corrected chi connectivity index (χ2v) is 8.76. The number of aromatic nitrogens is 1. The standard InChI is InChI=1S/C22H28N4O2S/c27-22(25-19-9-3-4-10-20(19)29-18-7-1-2-8-18)24-16-17-6-5-11-23-21(17)26-12-14-28-15-13-26/h3-6,9-11,18H,1-2,7-8,12-16H2,(H2,24,25,27). The van der Waals surface area contributed by atoms with Gasteiger partial charge >= 0.3 is 6.03 Å². The van der Waals surface area contributed by atoms with Crippen LogP contribution in [0.1, 0.15) is 31.2 Å². The number of carbonyl (C=O) groups is 1. The number of amides is 2. The Morgan fingerprint density at radius 3 is 2.76 bits per heavy atom. The molecule has 7 heteroatoms. The first-order valence-electron chi connectivity index (χ1n) is 10.4. The van der Waals surface area contributed by atoms with Gasteiger partial charge in [0.05, 0.1) is 18.9 Å². The van der Waals surface area contributed by atoms with Crippen LogP contribution in [-0.4, -0.2) is 42.6 Å². The molecule has 0 unspecified atom stereocenters. The van der Waals surface area contributed by atoms with Crippen LogP contribution in [-0.2, 0) is 11.3 Å². The number of benzene rings is 1. The lowest BCUT2D eigenvalue weighted by Crippen LogP contribution is -2.38. The minimum absolute atomic E-state index is 0.193. The molecule has 0 bridgehead atoms. The van der Waals surface area contributed by atoms with Gasteiger partial charge in [0.25, 0.3) is 0 Å². The second kappa shape index (κ2) is 9.98. The molecule has 1 aromatic carbocycles. The summed E-state index contributed by atoms with van der Waals surface area (Å²) in [7, 11) is 0. The Labute approximate surface area is 176 Å². The van der Waals surface area contributed by atoms with Gasteiger partial charge in [-0.15, -0.1) is 11.8 Å². The third-order valence-electron chi connectivity index (χ3n) is 5.35. The summed E-state index contributed by atoms with van der Waals surface area (Å²) < 4.78 is 5.43. The van der Waals surface area contributed by atoms with Crippen molar-refractivity contribution in [2.75, 3.05) is 36.5 Å². The van der Waals surface area contributed by atoms with Gasteiger partial charge in [-0.1, -0.05) is 31.0 Å². The van der Waals surface area contributed by atoms with E-state index in [0.29, 0.717) is 25.0 Å². The van der Waals surface area contributed by atoms with E-state index in [2.05, 4.69) is 26.6 Å². The molecule has 1 aromatic heterocycles. The lowest BCUT2D eigenvalue weighted by molar-refractivity contribution is 0.122. The maximum atomic E-state index is 12.6. The normalized spacial score (nSPS) is 17.3. The fourth-order valence-electron chi connectivity index (χ4n) is 3.83. The molecule has 154 valence electrons. The van der Waals surface area contributed by atoms with E-state index in [4.69, 9.17) is 4.74 Å². The number of para-hydroxylation sites is 1. The number of anilines is 2. The zero-order valence-corrected chi connectivity index (χ0v) is 17.4. The summed E-state index contributed by atoms with van der Waals surface area (Å²) in [5.41, 5.74) is 1.89. The molecule has 1 aliphatic heterocycles. The van der Waals surface area contributed by atoms with E-state index in [0.717, 1.165) is 35.1 Å². The minimum atomic E-state index is -0.193. The van der Waals surface area contributed by atoms with Crippen LogP contribution in [0.2, 0.25) is 0 Å². The number of pyridine rings is 1. The number of urea groups is 1. The van der Waals surface area contributed by atoms with E-state index in [1.54, 1.807) is 6.20 Å². The number of rotatable bonds is 6. The Hall–Kier alpha value is -2.25. The molecular weight excluding hydrogens is 384 g/mol. The lowest BCUT2D eigenvalue weighted by Gasteiger charge is -2.29. The Bertz CT molecular complexity index is 820. The zero-order chi connectivity index (χ0) is 19.9. The third-order valence-corrected chi connectivity index (χ3v) is 6.76. The first kappa shape index (κ1) is 20.0. The number of nitrogens with one attached hydrogen (secondary N) is 2. The Morgan fingerprint density at radius 2 is 1.93 bits per heavy atom. The van der Waals surface area contributed by atoms with Crippen molar-refractivity contribution in [3.63, 3.8) is 0 Å². The molecule has 2 heterocycles. The summed E-state index contributed by atoms with van der Waals surface area (Å²) in [5.74, 6) is 0.924. The number of hydrogen-bond donors (Lipinski definition) is 2. The fraction of sp³-hybridized carbons (Fsp3) is 0.455. The van der Waals surface area contributed by atoms with Crippen molar-refractivity contribution < 1.29 is 9.53 Å². The summed E-state index contributed by atoms with van der Waals surface area (Å²) in [5, 5.41) is 6.68. The third kappa shape index (κ3) is 5.42. The number of ether oxygens (including phenoxy) is 1. The summed E-state index contributed by atoms with van der Waals surface area (Å²) in [6, 6.07) is 11.8. The van der Waals surface area contributed by atoms with E-state index in [1.165, 1.54) is 25.7 Å². The lowest BCUT2D eigenvalue weighted by atomic mass is 10.2. The van der Waals surface area contributed by atoms with Gasteiger partial charge in [0.15, 0.2) is 0 Å². The highest BCUT2D eigenvalue weighted by molar-refractivity contribution is 8.00. The van der Waals surface area contributed by atoms with Crippen molar-refractivity contribution in [1.29, 1.82) is 0 Å². The average molecular weight is 413 g/mol. The van der Waals surface area contributed by atoms with Crippen LogP contribution in [0.3, 0.4) is 0 Å². The molecule has 2 aromatic rings. The highest BCUT2D eigenvalue weighted by Crippen LogP contribution is 2.37. The SMILES string of the molecule is O=C(NCc1cccnc1N1CCOCC1)Nc1ccccc1SC1CCCC1. The summed E-state index contributed by atoms with van der Waals surface area (Å²) >= 11 is 1.88. The van der Waals surface area contributed by atoms with Crippen LogP contribution in [0.15, 0.2) is 47.5 Å². The molecule has 2 amide bonds. The van der Waals surface area contributed by atoms with Gasteiger partial charge in [-0.05, 0) is 31.0 Å². The van der Waals surface area contributed by atoms with Crippen LogP contribution in [0.25, 0.3) is 0 Å². The van der Waals surface area contributed by atoms with Gasteiger partial charge in [0, 0.05) is 41.5 Å². The summed E-state index contributed by atoms with van der Waals surface area (Å²) in [6.45, 7) is 3.49. The van der Waals surface area contributed by atoms with E-state index >= 15 is 0 Å². The second-order valence-electron chi connectivity index (χ2n) is 7.41. The van der Waals surface area contributed by atoms with Crippen LogP contribution in [0.5, 0.6) is 0 Å². The molecule has 0 radical (unpaired) electrons. The molecule has 4 rings (SSSR count). The maximum absolute atomic E-state index is 12.6. The molecule has 29 heavy (non-hydrogen) atoms. The van der Waals surface area contributed by atoms with Gasteiger partial charge in [0.1, 0.15) is 5.82 Å². The predicted octanol–water partition coefficient (Wildman–Crippen LogP) is 4.27. The predicted molar refractivity (Wildman–Crippen MR) is 118 cm³/mol. The van der Waals surface area contributed by atoms with Gasteiger partial charge in [0.2, 0.25) is 0 Å². The maximum Gasteiger partial charge on any atom is 0.319 e. The molecule has 2 aliphatic rings. The summed E-state index contributed by atoms with van der Waals surface area (Å²) in [6.07, 6.45) is 6.94. The Balaban J connectivity index is 1.36. The average Bonchev–Trinajstić information content (AvgIpc) is 3.28. The van der Waals surface area contributed by atoms with Crippen LogP contribution in [0, 0.1) is 0 Å². The number of nitrogens with zero attached hydrogens (tertiary/aromatic N) is 2. The van der Waals surface area contributed by atoms with Crippen LogP contribution < -0.4 is 15.5 Å². The highest BCUT2D eigenvalue weighted by atomic mass is 32.2. The molecular formula is C22H28N4O2S. The van der Waals surface area contributed by atoms with E-state index < -0.39 is 0 Å². The van der Waals surface area contributed by atoms with Crippen molar-refractivity contribution in [2.45, 2.75) is 42.4 Å². The van der Waals surface area contributed by atoms with E-state index in [1.807, 2.05) is 42.1 Å². The molecule has 1 saturated heterocycles. The Kier molecular flexibility index (Phi) is 6.90. The molecule has 0 spiro atoms. The van der Waals surface area contributed by atoms with Crippen LogP contribution in [0.4, 0.5) is 16.3 Å². The molecule has 1 aliphatic carbocycles. The summed E-state index contributed by atoms with van der Waals surface area (Å²) in [4.78, 5) is 20.5. The fourth-order valence-corrected chi connectivity index (χ4v) is 5.16. The monoisotopic (exact) mass is 412 g/mol. The molecule has 2 fully saturated rings. The van der Waals surface area contributed by atoms with Crippen molar-refractivity contribution in [3.8, 4) is 0 Å². The smallest absolute Gasteiger partial charge is 0.319 e. The number of carbonyl (C=O) groups excluding carboxylic acids is 1. The van der Waals surface area contributed by atoms with Gasteiger partial charge in [-0.25, -0.2) is 9.78 Å². The largest absolute Gasteiger partial charge is 0.378 e. The van der Waals surface area contributed by atoms with Crippen molar-refractivity contribution >= 4 is 29.3 Å². The quantitative estimate of drug-likeness (QED) is 0.742. The minimum Gasteiger partial charge on any atom is -0.378 e. The highest BCUT2D eigenvalue weighted by Gasteiger charge is 2.19. The van der Waals surface area contributed by atoms with Gasteiger partial charge in [-0.2, -0.15) is 0 Å². The Morgan fingerprint density at radius 1 is 1.14 bits per heavy atom. The first-order valence-corrected chi connectivity index (χ1v) is 11.2. The first-order chi connectivity index (χ1) is 14.3. The van der Waals surface area contributed by atoms with Crippen LogP contribution >= 0.6 is 11.8 Å². The molecule has 2 N–H and O–H groups in total. The van der Waals surface area contributed by atoms with E-state index in [-0.39, 0.29) is 6.03 Å². The van der Waals surface area contributed by atoms with Crippen molar-refractivity contribution in [3.05, 3.63) is 48.2 Å². The zero-order valence-electron chi connectivity index (χ0n) is 16.6.